The molecule has 0 saturated heterocycles. The first-order valence-corrected chi connectivity index (χ1v) is 8.88. The van der Waals surface area contributed by atoms with Crippen LogP contribution < -0.4 is 0 Å². The normalized spacial score (nSPS) is 16.6. The highest BCUT2D eigenvalue weighted by molar-refractivity contribution is 5.97. The molecule has 1 N–H and O–H groups in total. The van der Waals surface area contributed by atoms with E-state index in [1.165, 1.54) is 12.1 Å². The molecule has 1 aromatic carbocycles. The Bertz CT molecular complexity index is 1150. The van der Waals surface area contributed by atoms with Gasteiger partial charge in [-0.05, 0) is 44.2 Å². The van der Waals surface area contributed by atoms with Crippen molar-refractivity contribution in [3.8, 4) is 22.4 Å². The molecule has 3 aromatic heterocycles. The second-order valence-corrected chi connectivity index (χ2v) is 6.93. The minimum atomic E-state index is -0.266. The van der Waals surface area contributed by atoms with E-state index in [-0.39, 0.29) is 11.9 Å². The lowest BCUT2D eigenvalue weighted by molar-refractivity contribution is 0.0580. The van der Waals surface area contributed by atoms with Gasteiger partial charge in [-0.15, -0.1) is 0 Å². The van der Waals surface area contributed by atoms with Crippen molar-refractivity contribution in [2.75, 3.05) is 6.61 Å². The summed E-state index contributed by atoms with van der Waals surface area (Å²) in [6.45, 7) is 5.14. The Morgan fingerprint density at radius 3 is 2.89 bits per heavy atom. The Kier molecular flexibility index (Phi) is 3.58. The summed E-state index contributed by atoms with van der Waals surface area (Å²) in [4.78, 5) is 4.52. The van der Waals surface area contributed by atoms with Gasteiger partial charge >= 0.3 is 0 Å². The number of H-pyrrole nitrogens is 1. The quantitative estimate of drug-likeness (QED) is 0.584. The largest absolute Gasteiger partial charge is 0.373 e. The second kappa shape index (κ2) is 5.99. The number of nitrogens with zero attached hydrogens (tertiary/aromatic N) is 4. The van der Waals surface area contributed by atoms with Crippen LogP contribution in [0.25, 0.3) is 33.4 Å². The van der Waals surface area contributed by atoms with Gasteiger partial charge in [0.15, 0.2) is 5.65 Å². The number of nitrogens with one attached hydrogen (secondary N) is 1. The number of benzene rings is 1. The highest BCUT2D eigenvalue weighted by atomic mass is 19.1. The van der Waals surface area contributed by atoms with Crippen molar-refractivity contribution in [2.45, 2.75) is 26.5 Å². The SMILES string of the molecule is Cc1cc(-c2c(-c3ccc(F)cc3)nn3c2COC[C@H]3C)c2cn[nH]c2n1. The van der Waals surface area contributed by atoms with Crippen LogP contribution in [0.15, 0.2) is 36.5 Å². The Morgan fingerprint density at radius 2 is 2.07 bits per heavy atom. The maximum absolute atomic E-state index is 13.5. The predicted molar refractivity (Wildman–Crippen MR) is 99.6 cm³/mol. The van der Waals surface area contributed by atoms with Gasteiger partial charge in [-0.1, -0.05) is 0 Å². The fourth-order valence-electron chi connectivity index (χ4n) is 3.73. The number of pyridine rings is 1. The molecule has 0 unspecified atom stereocenters. The number of hydrogen-bond acceptors (Lipinski definition) is 4. The molecule has 0 fully saturated rings. The van der Waals surface area contributed by atoms with Crippen LogP contribution in [0.2, 0.25) is 0 Å². The van der Waals surface area contributed by atoms with Crippen LogP contribution in [-0.4, -0.2) is 31.6 Å². The van der Waals surface area contributed by atoms with Gasteiger partial charge in [-0.2, -0.15) is 10.2 Å². The lowest BCUT2D eigenvalue weighted by Crippen LogP contribution is -2.22. The van der Waals surface area contributed by atoms with Gasteiger partial charge in [0.2, 0.25) is 0 Å². The smallest absolute Gasteiger partial charge is 0.155 e. The maximum Gasteiger partial charge on any atom is 0.155 e. The third kappa shape index (κ3) is 2.54. The van der Waals surface area contributed by atoms with Gasteiger partial charge in [0.1, 0.15) is 11.5 Å². The maximum atomic E-state index is 13.5. The van der Waals surface area contributed by atoms with Crippen LogP contribution in [0.5, 0.6) is 0 Å². The highest BCUT2D eigenvalue weighted by Gasteiger charge is 2.28. The van der Waals surface area contributed by atoms with Crippen molar-refractivity contribution in [1.29, 1.82) is 0 Å². The molecule has 27 heavy (non-hydrogen) atoms. The van der Waals surface area contributed by atoms with Crippen molar-refractivity contribution in [2.24, 2.45) is 0 Å². The molecule has 0 bridgehead atoms. The number of aromatic nitrogens is 5. The number of fused-ring (bicyclic) bond motifs is 2. The van der Waals surface area contributed by atoms with E-state index in [0.29, 0.717) is 13.2 Å². The molecule has 1 aliphatic rings. The number of halogens is 1. The average Bonchev–Trinajstić information content (AvgIpc) is 3.27. The molecule has 0 radical (unpaired) electrons. The third-order valence-corrected chi connectivity index (χ3v) is 4.96. The standard InChI is InChI=1S/C20H18FN5O/c1-11-7-15(16-8-22-24-20(16)23-11)18-17-10-27-9-12(2)26(17)25-19(18)13-3-5-14(21)6-4-13/h3-8,12H,9-10H2,1-2H3,(H,22,23,24)/t12-/m1/s1. The van der Waals surface area contributed by atoms with E-state index in [1.54, 1.807) is 18.3 Å². The Morgan fingerprint density at radius 1 is 1.26 bits per heavy atom. The van der Waals surface area contributed by atoms with Crippen molar-refractivity contribution < 1.29 is 9.13 Å². The summed E-state index contributed by atoms with van der Waals surface area (Å²) in [5.41, 5.74) is 6.31. The van der Waals surface area contributed by atoms with Crippen molar-refractivity contribution in [3.63, 3.8) is 0 Å². The molecular weight excluding hydrogens is 345 g/mol. The van der Waals surface area contributed by atoms with Gasteiger partial charge in [-0.3, -0.25) is 9.78 Å². The minimum absolute atomic E-state index is 0.129. The zero-order chi connectivity index (χ0) is 18.5. The fourth-order valence-corrected chi connectivity index (χ4v) is 3.73. The Balaban J connectivity index is 1.84. The summed E-state index contributed by atoms with van der Waals surface area (Å²) >= 11 is 0. The molecule has 136 valence electrons. The first kappa shape index (κ1) is 16.1. The molecule has 1 atom stereocenters. The van der Waals surface area contributed by atoms with Gasteiger partial charge in [0.25, 0.3) is 0 Å². The van der Waals surface area contributed by atoms with Crippen LogP contribution in [0, 0.1) is 12.7 Å². The summed E-state index contributed by atoms with van der Waals surface area (Å²) in [5.74, 6) is -0.266. The minimum Gasteiger partial charge on any atom is -0.373 e. The highest BCUT2D eigenvalue weighted by Crippen LogP contribution is 2.40. The summed E-state index contributed by atoms with van der Waals surface area (Å²) < 4.78 is 21.3. The monoisotopic (exact) mass is 363 g/mol. The van der Waals surface area contributed by atoms with Gasteiger partial charge in [0, 0.05) is 27.8 Å². The topological polar surface area (TPSA) is 68.6 Å². The summed E-state index contributed by atoms with van der Waals surface area (Å²) in [6.07, 6.45) is 1.78. The number of aromatic amines is 1. The van der Waals surface area contributed by atoms with Gasteiger partial charge in [0.05, 0.1) is 31.1 Å². The van der Waals surface area contributed by atoms with Crippen molar-refractivity contribution >= 4 is 11.0 Å². The van der Waals surface area contributed by atoms with E-state index in [9.17, 15) is 4.39 Å². The molecule has 4 heterocycles. The van der Waals surface area contributed by atoms with Gasteiger partial charge in [-0.25, -0.2) is 9.37 Å². The molecule has 7 heteroatoms. The molecule has 0 saturated carbocycles. The zero-order valence-electron chi connectivity index (χ0n) is 15.0. The Hall–Kier alpha value is -3.06. The third-order valence-electron chi connectivity index (χ3n) is 4.96. The van der Waals surface area contributed by atoms with E-state index in [2.05, 4.69) is 22.1 Å². The number of aryl methyl sites for hydroxylation is 1. The number of ether oxygens (including phenoxy) is 1. The molecule has 6 nitrogen and oxygen atoms in total. The predicted octanol–water partition coefficient (Wildman–Crippen LogP) is 4.03. The van der Waals surface area contributed by atoms with E-state index in [1.807, 2.05) is 17.7 Å². The fraction of sp³-hybridized carbons (Fsp3) is 0.250. The van der Waals surface area contributed by atoms with E-state index >= 15 is 0 Å². The first-order chi connectivity index (χ1) is 13.1. The average molecular weight is 363 g/mol. The van der Waals surface area contributed by atoms with Crippen molar-refractivity contribution in [1.82, 2.24) is 25.0 Å². The van der Waals surface area contributed by atoms with E-state index in [0.717, 1.165) is 44.8 Å². The summed E-state index contributed by atoms with van der Waals surface area (Å²) in [6, 6.07) is 8.62. The zero-order valence-corrected chi connectivity index (χ0v) is 15.0. The molecule has 5 rings (SSSR count). The van der Waals surface area contributed by atoms with Gasteiger partial charge < -0.3 is 4.74 Å². The molecule has 0 amide bonds. The molecule has 4 aromatic rings. The lowest BCUT2D eigenvalue weighted by atomic mass is 9.96. The van der Waals surface area contributed by atoms with E-state index in [4.69, 9.17) is 9.84 Å². The molecule has 0 spiro atoms. The van der Waals surface area contributed by atoms with E-state index < -0.39 is 0 Å². The second-order valence-electron chi connectivity index (χ2n) is 6.93. The molecule has 1 aliphatic heterocycles. The van der Waals surface area contributed by atoms with Crippen LogP contribution in [-0.2, 0) is 11.3 Å². The van der Waals surface area contributed by atoms with Crippen molar-refractivity contribution in [3.05, 3.63) is 53.7 Å². The lowest BCUT2D eigenvalue weighted by Gasteiger charge is -2.22. The summed E-state index contributed by atoms with van der Waals surface area (Å²) in [7, 11) is 0. The number of rotatable bonds is 2. The van der Waals surface area contributed by atoms with Crippen LogP contribution >= 0.6 is 0 Å². The van der Waals surface area contributed by atoms with Crippen LogP contribution in [0.1, 0.15) is 24.4 Å². The molecular formula is C20H18FN5O. The van der Waals surface area contributed by atoms with Crippen LogP contribution in [0.3, 0.4) is 0 Å². The first-order valence-electron chi connectivity index (χ1n) is 8.88. The molecule has 0 aliphatic carbocycles. The Labute approximate surface area is 155 Å². The number of hydrogen-bond donors (Lipinski definition) is 1. The van der Waals surface area contributed by atoms with Crippen LogP contribution in [0.4, 0.5) is 4.39 Å². The summed E-state index contributed by atoms with van der Waals surface area (Å²) in [5, 5.41) is 12.9.